The fraction of sp³-hybridized carbons (Fsp3) is 0.368. The lowest BCUT2D eigenvalue weighted by Crippen LogP contribution is -2.27. The lowest BCUT2D eigenvalue weighted by molar-refractivity contribution is 0.611. The van der Waals surface area contributed by atoms with E-state index in [2.05, 4.69) is 60.8 Å². The average Bonchev–Trinajstić information content (AvgIpc) is 2.49. The first-order chi connectivity index (χ1) is 9.85. The molecule has 0 amide bonds. The third-order valence-electron chi connectivity index (χ3n) is 4.21. The van der Waals surface area contributed by atoms with Crippen molar-refractivity contribution >= 4 is 5.69 Å². The Labute approximate surface area is 122 Å². The smallest absolute Gasteiger partial charge is 0.0342 e. The molecule has 1 aliphatic carbocycles. The average molecular weight is 265 g/mol. The van der Waals surface area contributed by atoms with Gasteiger partial charge in [0.1, 0.15) is 0 Å². The van der Waals surface area contributed by atoms with E-state index < -0.39 is 0 Å². The zero-order valence-electron chi connectivity index (χ0n) is 12.2. The predicted octanol–water partition coefficient (Wildman–Crippen LogP) is 4.61. The molecule has 104 valence electrons. The van der Waals surface area contributed by atoms with Crippen LogP contribution < -0.4 is 5.32 Å². The van der Waals surface area contributed by atoms with Crippen molar-refractivity contribution in [2.24, 2.45) is 0 Å². The molecule has 0 spiro atoms. The summed E-state index contributed by atoms with van der Waals surface area (Å²) >= 11 is 0. The minimum Gasteiger partial charge on any atom is -0.382 e. The number of anilines is 1. The van der Waals surface area contributed by atoms with Crippen LogP contribution in [0.4, 0.5) is 5.69 Å². The van der Waals surface area contributed by atoms with Gasteiger partial charge in [0.15, 0.2) is 0 Å². The SMILES string of the molecule is CCCc1ccc(NC2CCc3ccccc3C2)cc1. The molecular formula is C19H23N. The predicted molar refractivity (Wildman–Crippen MR) is 86.3 cm³/mol. The molecule has 20 heavy (non-hydrogen) atoms. The van der Waals surface area contributed by atoms with Gasteiger partial charge in [0.25, 0.3) is 0 Å². The summed E-state index contributed by atoms with van der Waals surface area (Å²) in [6, 6.07) is 18.4. The van der Waals surface area contributed by atoms with E-state index in [4.69, 9.17) is 0 Å². The first-order valence-electron chi connectivity index (χ1n) is 7.77. The van der Waals surface area contributed by atoms with Crippen molar-refractivity contribution in [2.75, 3.05) is 5.32 Å². The van der Waals surface area contributed by atoms with Crippen LogP contribution in [0, 0.1) is 0 Å². The normalized spacial score (nSPS) is 17.6. The van der Waals surface area contributed by atoms with Gasteiger partial charge in [-0.05, 0) is 54.5 Å². The van der Waals surface area contributed by atoms with Gasteiger partial charge in [-0.25, -0.2) is 0 Å². The van der Waals surface area contributed by atoms with E-state index in [0.717, 1.165) is 6.42 Å². The van der Waals surface area contributed by atoms with Crippen LogP contribution in [0.2, 0.25) is 0 Å². The molecule has 0 heterocycles. The Kier molecular flexibility index (Phi) is 4.05. The number of nitrogens with one attached hydrogen (secondary N) is 1. The summed E-state index contributed by atoms with van der Waals surface area (Å²) in [4.78, 5) is 0. The monoisotopic (exact) mass is 265 g/mol. The molecule has 2 aromatic rings. The Morgan fingerprint density at radius 2 is 1.75 bits per heavy atom. The van der Waals surface area contributed by atoms with Crippen LogP contribution in [0.3, 0.4) is 0 Å². The molecule has 1 N–H and O–H groups in total. The molecule has 0 saturated carbocycles. The highest BCUT2D eigenvalue weighted by molar-refractivity contribution is 5.46. The summed E-state index contributed by atoms with van der Waals surface area (Å²) in [6.45, 7) is 2.23. The van der Waals surface area contributed by atoms with Crippen LogP contribution >= 0.6 is 0 Å². The minimum atomic E-state index is 0.571. The molecule has 0 aliphatic heterocycles. The van der Waals surface area contributed by atoms with E-state index in [-0.39, 0.29) is 0 Å². The molecule has 0 aromatic heterocycles. The van der Waals surface area contributed by atoms with E-state index in [1.54, 1.807) is 0 Å². The largest absolute Gasteiger partial charge is 0.382 e. The maximum absolute atomic E-state index is 3.69. The topological polar surface area (TPSA) is 12.0 Å². The first kappa shape index (κ1) is 13.2. The van der Waals surface area contributed by atoms with Gasteiger partial charge in [-0.2, -0.15) is 0 Å². The molecule has 1 heteroatoms. The van der Waals surface area contributed by atoms with E-state index in [0.29, 0.717) is 6.04 Å². The fourth-order valence-electron chi connectivity index (χ4n) is 3.11. The summed E-state index contributed by atoms with van der Waals surface area (Å²) in [5, 5.41) is 3.69. The number of hydrogen-bond acceptors (Lipinski definition) is 1. The number of benzene rings is 2. The Balaban J connectivity index is 1.64. The standard InChI is InChI=1S/C19H23N/c1-2-5-15-8-11-18(12-9-15)20-19-13-10-16-6-3-4-7-17(16)14-19/h3-4,6-9,11-12,19-20H,2,5,10,13-14H2,1H3. The van der Waals surface area contributed by atoms with Crippen LogP contribution in [0.5, 0.6) is 0 Å². The maximum atomic E-state index is 3.69. The highest BCUT2D eigenvalue weighted by Gasteiger charge is 2.17. The molecule has 1 aliphatic rings. The second-order valence-electron chi connectivity index (χ2n) is 5.80. The van der Waals surface area contributed by atoms with Gasteiger partial charge in [-0.1, -0.05) is 49.7 Å². The van der Waals surface area contributed by atoms with Gasteiger partial charge in [0.05, 0.1) is 0 Å². The third-order valence-corrected chi connectivity index (χ3v) is 4.21. The molecular weight excluding hydrogens is 242 g/mol. The third kappa shape index (κ3) is 3.04. The van der Waals surface area contributed by atoms with Crippen LogP contribution in [0.15, 0.2) is 48.5 Å². The van der Waals surface area contributed by atoms with Gasteiger partial charge >= 0.3 is 0 Å². The van der Waals surface area contributed by atoms with Crippen molar-refractivity contribution in [1.82, 2.24) is 0 Å². The van der Waals surface area contributed by atoms with Crippen LogP contribution in [0.25, 0.3) is 0 Å². The van der Waals surface area contributed by atoms with Crippen LogP contribution in [0.1, 0.15) is 36.5 Å². The van der Waals surface area contributed by atoms with Crippen LogP contribution in [-0.2, 0) is 19.3 Å². The molecule has 1 nitrogen and oxygen atoms in total. The molecule has 0 fully saturated rings. The van der Waals surface area contributed by atoms with Crippen molar-refractivity contribution in [3.63, 3.8) is 0 Å². The van der Waals surface area contributed by atoms with Gasteiger partial charge in [0, 0.05) is 11.7 Å². The number of hydrogen-bond donors (Lipinski definition) is 1. The van der Waals surface area contributed by atoms with E-state index in [9.17, 15) is 0 Å². The molecule has 1 atom stereocenters. The minimum absolute atomic E-state index is 0.571. The number of aryl methyl sites for hydroxylation is 2. The zero-order valence-corrected chi connectivity index (χ0v) is 12.2. The zero-order chi connectivity index (χ0) is 13.8. The van der Waals surface area contributed by atoms with Crippen LogP contribution in [-0.4, -0.2) is 6.04 Å². The molecule has 0 saturated heterocycles. The molecule has 0 bridgehead atoms. The molecule has 0 radical (unpaired) electrons. The van der Waals surface area contributed by atoms with Gasteiger partial charge in [-0.3, -0.25) is 0 Å². The lowest BCUT2D eigenvalue weighted by atomic mass is 9.88. The van der Waals surface area contributed by atoms with E-state index in [1.165, 1.54) is 48.1 Å². The highest BCUT2D eigenvalue weighted by atomic mass is 14.9. The Hall–Kier alpha value is -1.76. The van der Waals surface area contributed by atoms with Gasteiger partial charge in [-0.15, -0.1) is 0 Å². The Bertz CT molecular complexity index is 556. The maximum Gasteiger partial charge on any atom is 0.0342 e. The number of rotatable bonds is 4. The summed E-state index contributed by atoms with van der Waals surface area (Å²) in [7, 11) is 0. The van der Waals surface area contributed by atoms with Crippen molar-refractivity contribution in [1.29, 1.82) is 0 Å². The molecule has 1 unspecified atom stereocenters. The lowest BCUT2D eigenvalue weighted by Gasteiger charge is -2.26. The Morgan fingerprint density at radius 1 is 1.00 bits per heavy atom. The first-order valence-corrected chi connectivity index (χ1v) is 7.77. The molecule has 3 rings (SSSR count). The second-order valence-corrected chi connectivity index (χ2v) is 5.80. The summed E-state index contributed by atoms with van der Waals surface area (Å²) in [5.41, 5.74) is 5.74. The quantitative estimate of drug-likeness (QED) is 0.851. The fourth-order valence-corrected chi connectivity index (χ4v) is 3.11. The van der Waals surface area contributed by atoms with Crippen molar-refractivity contribution in [2.45, 2.75) is 45.1 Å². The van der Waals surface area contributed by atoms with Crippen molar-refractivity contribution < 1.29 is 0 Å². The summed E-state index contributed by atoms with van der Waals surface area (Å²) < 4.78 is 0. The Morgan fingerprint density at radius 3 is 2.50 bits per heavy atom. The van der Waals surface area contributed by atoms with E-state index in [1.807, 2.05) is 0 Å². The summed E-state index contributed by atoms with van der Waals surface area (Å²) in [5.74, 6) is 0. The van der Waals surface area contributed by atoms with Crippen molar-refractivity contribution in [3.8, 4) is 0 Å². The highest BCUT2D eigenvalue weighted by Crippen LogP contribution is 2.23. The second kappa shape index (κ2) is 6.13. The molecule has 2 aromatic carbocycles. The van der Waals surface area contributed by atoms with Gasteiger partial charge < -0.3 is 5.32 Å². The van der Waals surface area contributed by atoms with Crippen molar-refractivity contribution in [3.05, 3.63) is 65.2 Å². The van der Waals surface area contributed by atoms with Gasteiger partial charge in [0.2, 0.25) is 0 Å². The van der Waals surface area contributed by atoms with E-state index >= 15 is 0 Å². The number of fused-ring (bicyclic) bond motifs is 1. The summed E-state index contributed by atoms with van der Waals surface area (Å²) in [6.07, 6.45) is 5.96.